The normalized spacial score (nSPS) is 15.7. The molecule has 1 unspecified atom stereocenters. The molecule has 1 fully saturated rings. The third-order valence-electron chi connectivity index (χ3n) is 3.57. The first-order valence-electron chi connectivity index (χ1n) is 7.04. The first-order chi connectivity index (χ1) is 10.3. The topological polar surface area (TPSA) is 55.6 Å². The minimum absolute atomic E-state index is 0. The molecule has 4 nitrogen and oxygen atoms in total. The van der Waals surface area contributed by atoms with Crippen LogP contribution in [0.4, 0.5) is 13.2 Å². The molecule has 1 saturated carbocycles. The number of ether oxygens (including phenoxy) is 1. The van der Waals surface area contributed by atoms with Crippen molar-refractivity contribution < 1.29 is 22.7 Å². The van der Waals surface area contributed by atoms with Crippen molar-refractivity contribution in [2.45, 2.75) is 37.6 Å². The highest BCUT2D eigenvalue weighted by Gasteiger charge is 2.35. The van der Waals surface area contributed by atoms with Crippen molar-refractivity contribution in [2.75, 3.05) is 13.7 Å². The van der Waals surface area contributed by atoms with Crippen LogP contribution in [0.25, 0.3) is 0 Å². The number of halogens is 4. The Balaban J connectivity index is 0.00000264. The Morgan fingerprint density at radius 3 is 2.35 bits per heavy atom. The molecule has 8 heteroatoms. The molecule has 0 saturated heterocycles. The Morgan fingerprint density at radius 1 is 1.35 bits per heavy atom. The summed E-state index contributed by atoms with van der Waals surface area (Å²) in [5, 5.41) is 0. The predicted octanol–water partition coefficient (Wildman–Crippen LogP) is 2.59. The van der Waals surface area contributed by atoms with E-state index < -0.39 is 17.8 Å². The van der Waals surface area contributed by atoms with Gasteiger partial charge in [-0.3, -0.25) is 4.79 Å². The third-order valence-corrected chi connectivity index (χ3v) is 3.57. The van der Waals surface area contributed by atoms with Gasteiger partial charge in [-0.15, -0.1) is 12.4 Å². The molecular formula is C15H20ClF3N2O2. The fourth-order valence-electron chi connectivity index (χ4n) is 2.23. The molecule has 2 rings (SSSR count). The summed E-state index contributed by atoms with van der Waals surface area (Å²) in [7, 11) is 1.46. The minimum Gasteiger partial charge on any atom is -0.383 e. The van der Waals surface area contributed by atoms with Gasteiger partial charge in [0.25, 0.3) is 0 Å². The van der Waals surface area contributed by atoms with Crippen molar-refractivity contribution in [2.24, 2.45) is 5.73 Å². The van der Waals surface area contributed by atoms with Crippen molar-refractivity contribution >= 4 is 18.3 Å². The molecule has 1 amide bonds. The van der Waals surface area contributed by atoms with E-state index in [0.717, 1.165) is 25.0 Å². The molecule has 0 radical (unpaired) electrons. The zero-order valence-electron chi connectivity index (χ0n) is 12.7. The number of rotatable bonds is 6. The SMILES string of the molecule is COCC(N)C(=O)N(Cc1ccc(C(F)(F)F)cc1)C1CC1.Cl. The van der Waals surface area contributed by atoms with Crippen LogP contribution in [-0.4, -0.2) is 36.6 Å². The summed E-state index contributed by atoms with van der Waals surface area (Å²) in [5.41, 5.74) is 5.72. The van der Waals surface area contributed by atoms with Gasteiger partial charge in [0.2, 0.25) is 5.91 Å². The number of nitrogens with two attached hydrogens (primary N) is 1. The summed E-state index contributed by atoms with van der Waals surface area (Å²) in [6.07, 6.45) is -2.57. The number of carbonyl (C=O) groups is 1. The second kappa shape index (κ2) is 7.99. The molecule has 0 aliphatic heterocycles. The summed E-state index contributed by atoms with van der Waals surface area (Å²) in [6.45, 7) is 0.383. The Morgan fingerprint density at radius 2 is 1.91 bits per heavy atom. The smallest absolute Gasteiger partial charge is 0.383 e. The van der Waals surface area contributed by atoms with Crippen LogP contribution < -0.4 is 5.73 Å². The lowest BCUT2D eigenvalue weighted by Crippen LogP contribution is -2.46. The van der Waals surface area contributed by atoms with Crippen molar-refractivity contribution in [3.05, 3.63) is 35.4 Å². The van der Waals surface area contributed by atoms with Crippen LogP contribution >= 0.6 is 12.4 Å². The standard InChI is InChI=1S/C15H19F3N2O2.ClH/c1-22-9-13(19)14(21)20(12-6-7-12)8-10-2-4-11(5-3-10)15(16,17)18;/h2-5,12-13H,6-9,19H2,1H3;1H. The lowest BCUT2D eigenvalue weighted by atomic mass is 10.1. The summed E-state index contributed by atoms with van der Waals surface area (Å²) in [5.74, 6) is -0.232. The van der Waals surface area contributed by atoms with Gasteiger partial charge < -0.3 is 15.4 Å². The first kappa shape index (κ1) is 19.7. The molecule has 0 bridgehead atoms. The zero-order valence-corrected chi connectivity index (χ0v) is 13.5. The lowest BCUT2D eigenvalue weighted by molar-refractivity contribution is -0.138. The Kier molecular flexibility index (Phi) is 6.85. The van der Waals surface area contributed by atoms with Gasteiger partial charge in [0.15, 0.2) is 0 Å². The molecule has 1 atom stereocenters. The predicted molar refractivity (Wildman–Crippen MR) is 82.1 cm³/mol. The second-order valence-electron chi connectivity index (χ2n) is 5.45. The number of alkyl halides is 3. The van der Waals surface area contributed by atoms with E-state index in [0.29, 0.717) is 5.56 Å². The molecule has 0 aromatic heterocycles. The van der Waals surface area contributed by atoms with Gasteiger partial charge in [0.1, 0.15) is 6.04 Å². The molecule has 1 aromatic rings. The zero-order chi connectivity index (χ0) is 16.3. The molecular weight excluding hydrogens is 333 g/mol. The van der Waals surface area contributed by atoms with E-state index in [1.54, 1.807) is 4.90 Å². The number of nitrogens with zero attached hydrogens (tertiary/aromatic N) is 1. The highest BCUT2D eigenvalue weighted by molar-refractivity contribution is 5.85. The van der Waals surface area contributed by atoms with Crippen LogP contribution in [0.2, 0.25) is 0 Å². The highest BCUT2D eigenvalue weighted by atomic mass is 35.5. The number of hydrogen-bond acceptors (Lipinski definition) is 3. The van der Waals surface area contributed by atoms with Gasteiger partial charge in [0.05, 0.1) is 12.2 Å². The molecule has 1 aliphatic carbocycles. The average molecular weight is 353 g/mol. The number of hydrogen-bond donors (Lipinski definition) is 1. The number of benzene rings is 1. The van der Waals surface area contributed by atoms with E-state index in [4.69, 9.17) is 10.5 Å². The Hall–Kier alpha value is -1.31. The molecule has 0 spiro atoms. The quantitative estimate of drug-likeness (QED) is 0.856. The van der Waals surface area contributed by atoms with Crippen molar-refractivity contribution in [3.63, 3.8) is 0 Å². The highest BCUT2D eigenvalue weighted by Crippen LogP contribution is 2.31. The summed E-state index contributed by atoms with van der Waals surface area (Å²) < 4.78 is 42.5. The lowest BCUT2D eigenvalue weighted by Gasteiger charge is -2.25. The summed E-state index contributed by atoms with van der Waals surface area (Å²) in [6, 6.07) is 4.22. The molecule has 2 N–H and O–H groups in total. The monoisotopic (exact) mass is 352 g/mol. The van der Waals surface area contributed by atoms with Gasteiger partial charge in [-0.05, 0) is 30.5 Å². The molecule has 0 heterocycles. The van der Waals surface area contributed by atoms with E-state index in [2.05, 4.69) is 0 Å². The van der Waals surface area contributed by atoms with Crippen LogP contribution in [0.3, 0.4) is 0 Å². The van der Waals surface area contributed by atoms with Gasteiger partial charge >= 0.3 is 6.18 Å². The van der Waals surface area contributed by atoms with Crippen molar-refractivity contribution in [1.82, 2.24) is 4.90 Å². The van der Waals surface area contributed by atoms with Gasteiger partial charge in [-0.1, -0.05) is 12.1 Å². The first-order valence-corrected chi connectivity index (χ1v) is 7.04. The maximum Gasteiger partial charge on any atom is 0.416 e. The summed E-state index contributed by atoms with van der Waals surface area (Å²) in [4.78, 5) is 13.9. The molecule has 1 aliphatic rings. The van der Waals surface area contributed by atoms with Gasteiger partial charge in [-0.2, -0.15) is 13.2 Å². The Bertz CT molecular complexity index is 518. The summed E-state index contributed by atoms with van der Waals surface area (Å²) >= 11 is 0. The van der Waals surface area contributed by atoms with Crippen LogP contribution in [-0.2, 0) is 22.3 Å². The average Bonchev–Trinajstić information content (AvgIpc) is 3.28. The van der Waals surface area contributed by atoms with E-state index in [-0.39, 0.29) is 37.5 Å². The number of methoxy groups -OCH3 is 1. The van der Waals surface area contributed by atoms with E-state index in [1.807, 2.05) is 0 Å². The van der Waals surface area contributed by atoms with Crippen molar-refractivity contribution in [3.8, 4) is 0 Å². The largest absolute Gasteiger partial charge is 0.416 e. The maximum atomic E-state index is 12.5. The third kappa shape index (κ3) is 5.37. The maximum absolute atomic E-state index is 12.5. The molecule has 130 valence electrons. The number of carbonyl (C=O) groups excluding carboxylic acids is 1. The van der Waals surface area contributed by atoms with E-state index >= 15 is 0 Å². The minimum atomic E-state index is -4.36. The number of amides is 1. The second-order valence-corrected chi connectivity index (χ2v) is 5.45. The van der Waals surface area contributed by atoms with Gasteiger partial charge in [-0.25, -0.2) is 0 Å². The van der Waals surface area contributed by atoms with Crippen LogP contribution in [0.1, 0.15) is 24.0 Å². The Labute approximate surface area is 139 Å². The fourth-order valence-corrected chi connectivity index (χ4v) is 2.23. The van der Waals surface area contributed by atoms with E-state index in [9.17, 15) is 18.0 Å². The molecule has 1 aromatic carbocycles. The van der Waals surface area contributed by atoms with Crippen molar-refractivity contribution in [1.29, 1.82) is 0 Å². The fraction of sp³-hybridized carbons (Fsp3) is 0.533. The molecule has 23 heavy (non-hydrogen) atoms. The van der Waals surface area contributed by atoms with Crippen LogP contribution in [0.5, 0.6) is 0 Å². The van der Waals surface area contributed by atoms with Crippen LogP contribution in [0, 0.1) is 0 Å². The van der Waals surface area contributed by atoms with Gasteiger partial charge in [0, 0.05) is 19.7 Å². The van der Waals surface area contributed by atoms with E-state index in [1.165, 1.54) is 19.2 Å². The van der Waals surface area contributed by atoms with Crippen LogP contribution in [0.15, 0.2) is 24.3 Å².